The maximum atomic E-state index is 12.6. The van der Waals surface area contributed by atoms with Crippen LogP contribution in [0.1, 0.15) is 21.5 Å². The van der Waals surface area contributed by atoms with Gasteiger partial charge in [0.15, 0.2) is 11.5 Å². The van der Waals surface area contributed by atoms with Gasteiger partial charge >= 0.3 is 0 Å². The molecule has 1 aliphatic rings. The number of benzene rings is 2. The molecule has 0 aliphatic carbocycles. The monoisotopic (exact) mass is 397 g/mol. The molecule has 8 heteroatoms. The fraction of sp³-hybridized carbons (Fsp3) is 0.0455. The van der Waals surface area contributed by atoms with E-state index in [2.05, 4.69) is 32.1 Å². The van der Waals surface area contributed by atoms with E-state index in [9.17, 15) is 4.79 Å². The third kappa shape index (κ3) is 3.25. The van der Waals surface area contributed by atoms with Gasteiger partial charge in [0.1, 0.15) is 17.8 Å². The first-order valence-electron chi connectivity index (χ1n) is 9.08. The van der Waals surface area contributed by atoms with E-state index < -0.39 is 0 Å². The number of rotatable bonds is 2. The molecule has 4 N–H and O–H groups in total. The molecule has 0 spiro atoms. The normalized spacial score (nSPS) is 11.7. The highest BCUT2D eigenvalue weighted by atomic mass is 16.7. The maximum Gasteiger partial charge on any atom is 0.255 e. The van der Waals surface area contributed by atoms with Crippen LogP contribution in [-0.4, -0.2) is 27.7 Å². The summed E-state index contributed by atoms with van der Waals surface area (Å²) in [7, 11) is 0. The van der Waals surface area contributed by atoms with E-state index in [1.165, 1.54) is 6.33 Å². The summed E-state index contributed by atoms with van der Waals surface area (Å²) in [6, 6.07) is 12.3. The van der Waals surface area contributed by atoms with Crippen LogP contribution in [0.15, 0.2) is 55.0 Å². The Morgan fingerprint density at radius 3 is 2.93 bits per heavy atom. The van der Waals surface area contributed by atoms with Crippen molar-refractivity contribution in [2.45, 2.75) is 0 Å². The molecule has 2 aromatic heterocycles. The minimum atomic E-state index is -0.250. The number of nitrogens with zero attached hydrogens (tertiary/aromatic N) is 2. The first kappa shape index (κ1) is 17.6. The van der Waals surface area contributed by atoms with Crippen molar-refractivity contribution in [3.8, 4) is 23.3 Å². The van der Waals surface area contributed by atoms with Crippen molar-refractivity contribution in [2.24, 2.45) is 0 Å². The van der Waals surface area contributed by atoms with E-state index in [0.717, 1.165) is 5.56 Å². The van der Waals surface area contributed by atoms with Gasteiger partial charge in [0.05, 0.1) is 10.9 Å². The maximum absolute atomic E-state index is 12.6. The minimum absolute atomic E-state index is 0.162. The van der Waals surface area contributed by atoms with Crippen LogP contribution in [0.5, 0.6) is 11.5 Å². The first-order valence-corrected chi connectivity index (χ1v) is 9.08. The quantitative estimate of drug-likeness (QED) is 0.448. The zero-order valence-electron chi connectivity index (χ0n) is 15.6. The summed E-state index contributed by atoms with van der Waals surface area (Å²) < 4.78 is 10.6. The molecule has 1 amide bonds. The van der Waals surface area contributed by atoms with Crippen molar-refractivity contribution in [3.05, 3.63) is 71.7 Å². The number of aromatic amines is 1. The van der Waals surface area contributed by atoms with Gasteiger partial charge in [0, 0.05) is 23.0 Å². The van der Waals surface area contributed by atoms with Crippen LogP contribution in [0, 0.1) is 11.8 Å². The Labute approximate surface area is 171 Å². The molecule has 30 heavy (non-hydrogen) atoms. The molecule has 3 heterocycles. The fourth-order valence-electron chi connectivity index (χ4n) is 3.14. The van der Waals surface area contributed by atoms with E-state index in [1.54, 1.807) is 36.5 Å². The topological polar surface area (TPSA) is 115 Å². The number of hydrogen-bond acceptors (Lipinski definition) is 6. The highest BCUT2D eigenvalue weighted by Gasteiger charge is 2.16. The largest absolute Gasteiger partial charge is 0.454 e. The number of hydrogen-bond donors (Lipinski definition) is 3. The van der Waals surface area contributed by atoms with E-state index in [-0.39, 0.29) is 12.7 Å². The smallest absolute Gasteiger partial charge is 0.255 e. The van der Waals surface area contributed by atoms with Crippen molar-refractivity contribution in [1.29, 1.82) is 0 Å². The van der Waals surface area contributed by atoms with Crippen molar-refractivity contribution < 1.29 is 14.3 Å². The number of H-pyrrole nitrogens is 1. The SMILES string of the molecule is Nc1ncnc2[nH]cc(C#Cc3cccc(NC(=O)c4ccc5c(c4)OCO5)c3)c12. The number of nitrogen functional groups attached to an aromatic ring is 1. The van der Waals surface area contributed by atoms with Crippen molar-refractivity contribution in [2.75, 3.05) is 17.8 Å². The standard InChI is InChI=1S/C22H15N5O3/c23-20-19-15(10-24-21(19)26-11-25-20)5-4-13-2-1-3-16(8-13)27-22(28)14-6-7-17-18(9-14)30-12-29-17/h1-3,6-11H,12H2,(H,27,28)(H3,23,24,25,26). The van der Waals surface area contributed by atoms with Gasteiger partial charge in [-0.05, 0) is 36.4 Å². The molecular formula is C22H15N5O3. The van der Waals surface area contributed by atoms with Crippen LogP contribution < -0.4 is 20.5 Å². The predicted octanol–water partition coefficient (Wildman–Crippen LogP) is 2.92. The number of aromatic nitrogens is 3. The first-order chi connectivity index (χ1) is 14.7. The number of fused-ring (bicyclic) bond motifs is 2. The minimum Gasteiger partial charge on any atom is -0.454 e. The van der Waals surface area contributed by atoms with E-state index in [1.807, 2.05) is 12.1 Å². The van der Waals surface area contributed by atoms with E-state index in [0.29, 0.717) is 45.2 Å². The highest BCUT2D eigenvalue weighted by Crippen LogP contribution is 2.32. The van der Waals surface area contributed by atoms with Gasteiger partial charge < -0.3 is 25.5 Å². The second-order valence-electron chi connectivity index (χ2n) is 6.54. The van der Waals surface area contributed by atoms with Crippen LogP contribution in [0.3, 0.4) is 0 Å². The number of carbonyl (C=O) groups is 1. The van der Waals surface area contributed by atoms with Gasteiger partial charge in [-0.25, -0.2) is 9.97 Å². The summed E-state index contributed by atoms with van der Waals surface area (Å²) in [6.45, 7) is 0.162. The summed E-state index contributed by atoms with van der Waals surface area (Å²) in [6.07, 6.45) is 3.14. The Morgan fingerprint density at radius 2 is 2.00 bits per heavy atom. The lowest BCUT2D eigenvalue weighted by Gasteiger charge is -2.06. The number of carbonyl (C=O) groups excluding carboxylic acids is 1. The zero-order chi connectivity index (χ0) is 20.5. The predicted molar refractivity (Wildman–Crippen MR) is 111 cm³/mol. The molecule has 5 rings (SSSR count). The summed E-state index contributed by atoms with van der Waals surface area (Å²) in [5.74, 6) is 7.48. The lowest BCUT2D eigenvalue weighted by molar-refractivity contribution is 0.102. The van der Waals surface area contributed by atoms with E-state index >= 15 is 0 Å². The van der Waals surface area contributed by atoms with Gasteiger partial charge in [-0.1, -0.05) is 17.9 Å². The van der Waals surface area contributed by atoms with Crippen LogP contribution in [-0.2, 0) is 0 Å². The molecule has 8 nitrogen and oxygen atoms in total. The molecule has 4 aromatic rings. The Kier molecular flexibility index (Phi) is 4.19. The molecule has 0 radical (unpaired) electrons. The summed E-state index contributed by atoms with van der Waals surface area (Å²) >= 11 is 0. The number of nitrogens with one attached hydrogen (secondary N) is 2. The Morgan fingerprint density at radius 1 is 1.10 bits per heavy atom. The molecule has 0 saturated carbocycles. The molecule has 146 valence electrons. The molecule has 0 bridgehead atoms. The molecule has 0 saturated heterocycles. The summed E-state index contributed by atoms with van der Waals surface area (Å²) in [4.78, 5) is 23.8. The Bertz CT molecular complexity index is 1350. The van der Waals surface area contributed by atoms with Crippen molar-refractivity contribution in [3.63, 3.8) is 0 Å². The Balaban J connectivity index is 1.37. The number of anilines is 2. The molecule has 1 aliphatic heterocycles. The average molecular weight is 397 g/mol. The highest BCUT2D eigenvalue weighted by molar-refractivity contribution is 6.04. The summed E-state index contributed by atoms with van der Waals surface area (Å²) in [5.41, 5.74) is 9.12. The number of nitrogens with two attached hydrogens (primary N) is 1. The van der Waals surface area contributed by atoms with E-state index in [4.69, 9.17) is 15.2 Å². The molecule has 0 fully saturated rings. The number of ether oxygens (including phenoxy) is 2. The molecular weight excluding hydrogens is 382 g/mol. The molecule has 0 unspecified atom stereocenters. The lowest BCUT2D eigenvalue weighted by Crippen LogP contribution is -2.11. The van der Waals surface area contributed by atoms with Gasteiger partial charge in [-0.3, -0.25) is 4.79 Å². The van der Waals surface area contributed by atoms with Crippen LogP contribution in [0.25, 0.3) is 11.0 Å². The number of amides is 1. The van der Waals surface area contributed by atoms with Crippen LogP contribution >= 0.6 is 0 Å². The van der Waals surface area contributed by atoms with Crippen molar-refractivity contribution in [1.82, 2.24) is 15.0 Å². The van der Waals surface area contributed by atoms with Crippen LogP contribution in [0.2, 0.25) is 0 Å². The molecule has 0 atom stereocenters. The Hall–Kier alpha value is -4.51. The van der Waals surface area contributed by atoms with Gasteiger partial charge in [-0.15, -0.1) is 0 Å². The zero-order valence-corrected chi connectivity index (χ0v) is 15.6. The van der Waals surface area contributed by atoms with Gasteiger partial charge in [0.2, 0.25) is 6.79 Å². The van der Waals surface area contributed by atoms with Crippen LogP contribution in [0.4, 0.5) is 11.5 Å². The van der Waals surface area contributed by atoms with Gasteiger partial charge in [-0.2, -0.15) is 0 Å². The lowest BCUT2D eigenvalue weighted by atomic mass is 10.1. The third-order valence-corrected chi connectivity index (χ3v) is 4.60. The third-order valence-electron chi connectivity index (χ3n) is 4.60. The van der Waals surface area contributed by atoms with Crippen molar-refractivity contribution >= 4 is 28.4 Å². The summed E-state index contributed by atoms with van der Waals surface area (Å²) in [5, 5.41) is 3.56. The second kappa shape index (κ2) is 7.14. The second-order valence-corrected chi connectivity index (χ2v) is 6.54. The molecule has 2 aromatic carbocycles. The average Bonchev–Trinajstić information content (AvgIpc) is 3.39. The fourth-order valence-corrected chi connectivity index (χ4v) is 3.14. The van der Waals surface area contributed by atoms with Gasteiger partial charge in [0.25, 0.3) is 5.91 Å².